The molecule has 6 heteroatoms. The molecule has 0 aliphatic carbocycles. The minimum Gasteiger partial charge on any atom is -0.324 e. The Bertz CT molecular complexity index is 1040. The van der Waals surface area contributed by atoms with Crippen molar-refractivity contribution >= 4 is 34.2 Å². The van der Waals surface area contributed by atoms with Crippen molar-refractivity contribution in [3.05, 3.63) is 71.5 Å². The van der Waals surface area contributed by atoms with Gasteiger partial charge in [-0.15, -0.1) is 0 Å². The third-order valence-electron chi connectivity index (χ3n) is 4.43. The zero-order valence-corrected chi connectivity index (χ0v) is 14.0. The summed E-state index contributed by atoms with van der Waals surface area (Å²) in [4.78, 5) is 42.1. The number of aromatic nitrogens is 1. The van der Waals surface area contributed by atoms with Crippen LogP contribution in [-0.2, 0) is 4.79 Å². The zero-order chi connectivity index (χ0) is 18.3. The Hall–Kier alpha value is -3.54. The van der Waals surface area contributed by atoms with Crippen LogP contribution in [0.15, 0.2) is 54.7 Å². The second-order valence-electron chi connectivity index (χ2n) is 6.12. The molecule has 6 nitrogen and oxygen atoms in total. The smallest absolute Gasteiger partial charge is 0.280 e. The van der Waals surface area contributed by atoms with E-state index in [9.17, 15) is 14.4 Å². The summed E-state index contributed by atoms with van der Waals surface area (Å²) in [6, 6.07) is 14.7. The van der Waals surface area contributed by atoms with Crippen molar-refractivity contribution in [3.8, 4) is 0 Å². The van der Waals surface area contributed by atoms with Gasteiger partial charge in [-0.2, -0.15) is 0 Å². The number of nitrogens with zero attached hydrogens (tertiary/aromatic N) is 2. The third-order valence-corrected chi connectivity index (χ3v) is 4.43. The van der Waals surface area contributed by atoms with Crippen molar-refractivity contribution in [2.75, 3.05) is 11.9 Å². The van der Waals surface area contributed by atoms with Gasteiger partial charge in [0.25, 0.3) is 11.8 Å². The third kappa shape index (κ3) is 2.52. The van der Waals surface area contributed by atoms with Gasteiger partial charge in [0.1, 0.15) is 12.2 Å². The Kier molecular flexibility index (Phi) is 3.73. The fourth-order valence-corrected chi connectivity index (χ4v) is 3.13. The molecule has 2 heterocycles. The minimum atomic E-state index is -0.546. The lowest BCUT2D eigenvalue weighted by atomic mass is 10.0. The number of rotatable bonds is 3. The summed E-state index contributed by atoms with van der Waals surface area (Å²) in [5, 5.41) is 4.75. The monoisotopic (exact) mass is 345 g/mol. The van der Waals surface area contributed by atoms with E-state index in [0.717, 1.165) is 21.2 Å². The zero-order valence-electron chi connectivity index (χ0n) is 14.0. The van der Waals surface area contributed by atoms with Crippen LogP contribution in [0.5, 0.6) is 0 Å². The Morgan fingerprint density at radius 2 is 1.85 bits per heavy atom. The maximum absolute atomic E-state index is 12.5. The van der Waals surface area contributed by atoms with E-state index in [0.29, 0.717) is 5.69 Å². The highest BCUT2D eigenvalue weighted by atomic mass is 16.2. The summed E-state index contributed by atoms with van der Waals surface area (Å²) in [7, 11) is 0. The second kappa shape index (κ2) is 6.07. The van der Waals surface area contributed by atoms with Gasteiger partial charge in [0, 0.05) is 11.6 Å². The predicted molar refractivity (Wildman–Crippen MR) is 96.9 cm³/mol. The van der Waals surface area contributed by atoms with E-state index < -0.39 is 17.7 Å². The van der Waals surface area contributed by atoms with Crippen molar-refractivity contribution in [2.24, 2.45) is 0 Å². The predicted octanol–water partition coefficient (Wildman–Crippen LogP) is 2.78. The number of pyridine rings is 1. The van der Waals surface area contributed by atoms with Gasteiger partial charge >= 0.3 is 0 Å². The van der Waals surface area contributed by atoms with Gasteiger partial charge in [0.2, 0.25) is 5.91 Å². The fourth-order valence-electron chi connectivity index (χ4n) is 3.13. The molecule has 3 aromatic rings. The van der Waals surface area contributed by atoms with Gasteiger partial charge in [0.05, 0.1) is 11.3 Å². The summed E-state index contributed by atoms with van der Waals surface area (Å²) in [5.41, 5.74) is 1.90. The van der Waals surface area contributed by atoms with Crippen LogP contribution in [0, 0.1) is 6.92 Å². The van der Waals surface area contributed by atoms with Gasteiger partial charge in [0.15, 0.2) is 0 Å². The second-order valence-corrected chi connectivity index (χ2v) is 6.12. The van der Waals surface area contributed by atoms with Crippen LogP contribution in [0.4, 0.5) is 5.69 Å². The first-order valence-corrected chi connectivity index (χ1v) is 8.15. The maximum atomic E-state index is 12.5. The molecule has 0 saturated heterocycles. The molecule has 1 aliphatic rings. The van der Waals surface area contributed by atoms with Crippen molar-refractivity contribution in [3.63, 3.8) is 0 Å². The van der Waals surface area contributed by atoms with Crippen LogP contribution in [0.2, 0.25) is 0 Å². The van der Waals surface area contributed by atoms with Crippen molar-refractivity contribution in [2.45, 2.75) is 6.92 Å². The summed E-state index contributed by atoms with van der Waals surface area (Å²) in [5.74, 6) is -1.47. The highest BCUT2D eigenvalue weighted by molar-refractivity contribution is 6.22. The molecule has 0 radical (unpaired) electrons. The molecule has 0 saturated carbocycles. The van der Waals surface area contributed by atoms with E-state index in [1.54, 1.807) is 6.07 Å². The summed E-state index contributed by atoms with van der Waals surface area (Å²) in [6.45, 7) is 1.55. The Morgan fingerprint density at radius 1 is 1.04 bits per heavy atom. The van der Waals surface area contributed by atoms with E-state index >= 15 is 0 Å². The SMILES string of the molecule is Cc1ccc2ccccc2c1NC(=O)CN1C(=O)c2cccnc2C1=O. The standard InChI is InChI=1S/C20H15N3O3/c1-12-8-9-13-5-2-3-6-14(13)17(12)22-16(24)11-23-19(25)15-7-4-10-21-18(15)20(23)26/h2-10H,11H2,1H3,(H,22,24). The molecule has 128 valence electrons. The van der Waals surface area contributed by atoms with Crippen LogP contribution < -0.4 is 5.32 Å². The van der Waals surface area contributed by atoms with Gasteiger partial charge in [-0.05, 0) is 30.0 Å². The lowest BCUT2D eigenvalue weighted by molar-refractivity contribution is -0.116. The highest BCUT2D eigenvalue weighted by Crippen LogP contribution is 2.27. The molecule has 3 amide bonds. The Balaban J connectivity index is 1.59. The molecule has 1 aromatic heterocycles. The maximum Gasteiger partial charge on any atom is 0.280 e. The van der Waals surface area contributed by atoms with Gasteiger partial charge in [-0.1, -0.05) is 36.4 Å². The number of aryl methyl sites for hydroxylation is 1. The number of anilines is 1. The van der Waals surface area contributed by atoms with Crippen molar-refractivity contribution < 1.29 is 14.4 Å². The first kappa shape index (κ1) is 16.0. The normalized spacial score (nSPS) is 13.2. The number of carbonyl (C=O) groups excluding carboxylic acids is 3. The van der Waals surface area contributed by atoms with Crippen LogP contribution >= 0.6 is 0 Å². The first-order valence-electron chi connectivity index (χ1n) is 8.15. The molecule has 0 fully saturated rings. The van der Waals surface area contributed by atoms with Crippen LogP contribution in [0.25, 0.3) is 10.8 Å². The van der Waals surface area contributed by atoms with E-state index in [1.807, 2.05) is 43.3 Å². The van der Waals surface area contributed by atoms with Gasteiger partial charge < -0.3 is 5.32 Å². The van der Waals surface area contributed by atoms with Crippen LogP contribution in [-0.4, -0.2) is 34.2 Å². The molecule has 0 unspecified atom stereocenters. The lowest BCUT2D eigenvalue weighted by Gasteiger charge is -2.16. The Labute approximate surface area is 149 Å². The Morgan fingerprint density at radius 3 is 2.65 bits per heavy atom. The fraction of sp³-hybridized carbons (Fsp3) is 0.100. The van der Waals surface area contributed by atoms with Crippen LogP contribution in [0.1, 0.15) is 26.4 Å². The largest absolute Gasteiger partial charge is 0.324 e. The summed E-state index contributed by atoms with van der Waals surface area (Å²) in [6.07, 6.45) is 1.45. The number of hydrogen-bond donors (Lipinski definition) is 1. The number of benzene rings is 2. The van der Waals surface area contributed by atoms with Crippen molar-refractivity contribution in [1.82, 2.24) is 9.88 Å². The van der Waals surface area contributed by atoms with Gasteiger partial charge in [-0.3, -0.25) is 24.3 Å². The van der Waals surface area contributed by atoms with E-state index in [-0.39, 0.29) is 17.8 Å². The minimum absolute atomic E-state index is 0.0895. The molecule has 1 aliphatic heterocycles. The number of carbonyl (C=O) groups is 3. The average Bonchev–Trinajstić information content (AvgIpc) is 2.89. The topological polar surface area (TPSA) is 79.4 Å². The molecular weight excluding hydrogens is 330 g/mol. The molecule has 1 N–H and O–H groups in total. The van der Waals surface area contributed by atoms with Crippen molar-refractivity contribution in [1.29, 1.82) is 0 Å². The lowest BCUT2D eigenvalue weighted by Crippen LogP contribution is -2.37. The molecule has 4 rings (SSSR count). The van der Waals surface area contributed by atoms with E-state index in [1.165, 1.54) is 12.3 Å². The summed E-state index contributed by atoms with van der Waals surface area (Å²) < 4.78 is 0. The van der Waals surface area contributed by atoms with Gasteiger partial charge in [-0.25, -0.2) is 0 Å². The van der Waals surface area contributed by atoms with E-state index in [2.05, 4.69) is 10.3 Å². The molecule has 0 spiro atoms. The number of hydrogen-bond acceptors (Lipinski definition) is 4. The summed E-state index contributed by atoms with van der Waals surface area (Å²) >= 11 is 0. The quantitative estimate of drug-likeness (QED) is 0.740. The molecule has 0 atom stereocenters. The molecule has 26 heavy (non-hydrogen) atoms. The highest BCUT2D eigenvalue weighted by Gasteiger charge is 2.37. The number of fused-ring (bicyclic) bond motifs is 2. The number of amides is 3. The molecule has 0 bridgehead atoms. The van der Waals surface area contributed by atoms with Crippen LogP contribution in [0.3, 0.4) is 0 Å². The number of nitrogens with one attached hydrogen (secondary N) is 1. The molecular formula is C20H15N3O3. The average molecular weight is 345 g/mol. The van der Waals surface area contributed by atoms with E-state index in [4.69, 9.17) is 0 Å². The molecule has 2 aromatic carbocycles. The number of imide groups is 1. The first-order chi connectivity index (χ1) is 12.6.